The first-order chi connectivity index (χ1) is 7.84. The monoisotopic (exact) mass is 215 g/mol. The largest absolute Gasteiger partial charge is 0.454 e. The van der Waals surface area contributed by atoms with Gasteiger partial charge in [-0.1, -0.05) is 12.5 Å². The Morgan fingerprint density at radius 3 is 2.75 bits per heavy atom. The molecule has 0 N–H and O–H groups in total. The standard InChI is InChI=1S/C13H13NO2/c14-7-6-13(4-1-5-13)10-2-3-11-12(8-10)16-9-15-11/h2-3,8H,1,4-6,9H2. The van der Waals surface area contributed by atoms with Crippen LogP contribution in [0.25, 0.3) is 0 Å². The van der Waals surface area contributed by atoms with Crippen molar-refractivity contribution < 1.29 is 9.47 Å². The van der Waals surface area contributed by atoms with E-state index in [1.165, 1.54) is 12.0 Å². The van der Waals surface area contributed by atoms with Gasteiger partial charge in [0.15, 0.2) is 11.5 Å². The maximum absolute atomic E-state index is 8.92. The molecule has 0 amide bonds. The topological polar surface area (TPSA) is 42.2 Å². The molecule has 2 aliphatic rings. The first-order valence-electron chi connectivity index (χ1n) is 5.61. The summed E-state index contributed by atoms with van der Waals surface area (Å²) in [5.41, 5.74) is 1.31. The molecule has 0 saturated heterocycles. The van der Waals surface area contributed by atoms with Gasteiger partial charge in [0.25, 0.3) is 0 Å². The average molecular weight is 215 g/mol. The number of hydrogen-bond donors (Lipinski definition) is 0. The summed E-state index contributed by atoms with van der Waals surface area (Å²) in [5.74, 6) is 1.64. The van der Waals surface area contributed by atoms with Crippen molar-refractivity contribution in [2.45, 2.75) is 31.1 Å². The molecule has 1 saturated carbocycles. The third-order valence-corrected chi connectivity index (χ3v) is 3.71. The lowest BCUT2D eigenvalue weighted by Gasteiger charge is -2.40. The van der Waals surface area contributed by atoms with Gasteiger partial charge in [-0.3, -0.25) is 0 Å². The molecule has 82 valence electrons. The van der Waals surface area contributed by atoms with E-state index in [-0.39, 0.29) is 5.41 Å². The normalized spacial score (nSPS) is 19.9. The number of rotatable bonds is 2. The Labute approximate surface area is 94.6 Å². The highest BCUT2D eigenvalue weighted by atomic mass is 16.7. The van der Waals surface area contributed by atoms with Crippen LogP contribution in [0.2, 0.25) is 0 Å². The Kier molecular flexibility index (Phi) is 2.03. The maximum Gasteiger partial charge on any atom is 0.231 e. The fourth-order valence-corrected chi connectivity index (χ4v) is 2.55. The zero-order chi connectivity index (χ0) is 11.0. The highest BCUT2D eigenvalue weighted by Gasteiger charge is 2.39. The van der Waals surface area contributed by atoms with E-state index in [2.05, 4.69) is 12.1 Å². The van der Waals surface area contributed by atoms with Crippen LogP contribution in [-0.4, -0.2) is 6.79 Å². The summed E-state index contributed by atoms with van der Waals surface area (Å²) in [4.78, 5) is 0. The van der Waals surface area contributed by atoms with Gasteiger partial charge in [0.1, 0.15) is 0 Å². The molecule has 1 aliphatic carbocycles. The number of benzene rings is 1. The van der Waals surface area contributed by atoms with E-state index in [9.17, 15) is 0 Å². The summed E-state index contributed by atoms with van der Waals surface area (Å²) < 4.78 is 10.7. The second-order valence-corrected chi connectivity index (χ2v) is 4.54. The van der Waals surface area contributed by atoms with Gasteiger partial charge in [-0.25, -0.2) is 0 Å². The summed E-state index contributed by atoms with van der Waals surface area (Å²) in [6.45, 7) is 0.310. The predicted octanol–water partition coefficient (Wildman–Crippen LogP) is 2.75. The van der Waals surface area contributed by atoms with Gasteiger partial charge in [0.05, 0.1) is 6.07 Å². The van der Waals surface area contributed by atoms with Gasteiger partial charge in [-0.15, -0.1) is 0 Å². The van der Waals surface area contributed by atoms with Crippen molar-refractivity contribution in [2.24, 2.45) is 0 Å². The van der Waals surface area contributed by atoms with Crippen molar-refractivity contribution in [3.05, 3.63) is 23.8 Å². The molecule has 16 heavy (non-hydrogen) atoms. The molecular formula is C13H13NO2. The smallest absolute Gasteiger partial charge is 0.231 e. The first kappa shape index (κ1) is 9.53. The summed E-state index contributed by atoms with van der Waals surface area (Å²) in [7, 11) is 0. The molecule has 3 rings (SSSR count). The third-order valence-electron chi connectivity index (χ3n) is 3.71. The molecule has 1 aromatic carbocycles. The number of nitriles is 1. The van der Waals surface area contributed by atoms with Crippen molar-refractivity contribution in [3.8, 4) is 17.6 Å². The molecule has 1 heterocycles. The molecule has 0 bridgehead atoms. The number of hydrogen-bond acceptors (Lipinski definition) is 3. The van der Waals surface area contributed by atoms with Crippen LogP contribution in [0, 0.1) is 11.3 Å². The molecule has 1 fully saturated rings. The van der Waals surface area contributed by atoms with Gasteiger partial charge in [0, 0.05) is 11.8 Å². The summed E-state index contributed by atoms with van der Waals surface area (Å²) in [6, 6.07) is 8.37. The van der Waals surface area contributed by atoms with Gasteiger partial charge >= 0.3 is 0 Å². The Morgan fingerprint density at radius 1 is 1.25 bits per heavy atom. The zero-order valence-electron chi connectivity index (χ0n) is 9.03. The molecular weight excluding hydrogens is 202 g/mol. The number of nitrogens with zero attached hydrogens (tertiary/aromatic N) is 1. The molecule has 0 spiro atoms. The van der Waals surface area contributed by atoms with Gasteiger partial charge in [-0.2, -0.15) is 5.26 Å². The second-order valence-electron chi connectivity index (χ2n) is 4.54. The highest BCUT2D eigenvalue weighted by Crippen LogP contribution is 2.48. The van der Waals surface area contributed by atoms with E-state index in [4.69, 9.17) is 14.7 Å². The third kappa shape index (κ3) is 1.26. The minimum atomic E-state index is 0.0791. The number of ether oxygens (including phenoxy) is 2. The fourth-order valence-electron chi connectivity index (χ4n) is 2.55. The first-order valence-corrected chi connectivity index (χ1v) is 5.61. The predicted molar refractivity (Wildman–Crippen MR) is 58.3 cm³/mol. The van der Waals surface area contributed by atoms with E-state index in [0.29, 0.717) is 13.2 Å². The minimum absolute atomic E-state index is 0.0791. The van der Waals surface area contributed by atoms with Crippen molar-refractivity contribution in [1.82, 2.24) is 0 Å². The van der Waals surface area contributed by atoms with Crippen LogP contribution < -0.4 is 9.47 Å². The molecule has 1 aliphatic heterocycles. The Morgan fingerprint density at radius 2 is 2.06 bits per heavy atom. The van der Waals surface area contributed by atoms with Crippen LogP contribution in [0.1, 0.15) is 31.2 Å². The van der Waals surface area contributed by atoms with E-state index < -0.39 is 0 Å². The maximum atomic E-state index is 8.92. The summed E-state index contributed by atoms with van der Waals surface area (Å²) in [6.07, 6.45) is 4.04. The Hall–Kier alpha value is -1.69. The molecule has 3 heteroatoms. The quantitative estimate of drug-likeness (QED) is 0.761. The van der Waals surface area contributed by atoms with Crippen LogP contribution in [-0.2, 0) is 5.41 Å². The average Bonchev–Trinajstić information content (AvgIpc) is 2.70. The molecule has 0 radical (unpaired) electrons. The molecule has 0 aromatic heterocycles. The molecule has 0 atom stereocenters. The SMILES string of the molecule is N#CCC1(c2ccc3c(c2)OCO3)CCC1. The number of fused-ring (bicyclic) bond motifs is 1. The molecule has 3 nitrogen and oxygen atoms in total. The van der Waals surface area contributed by atoms with Crippen LogP contribution in [0.4, 0.5) is 0 Å². The van der Waals surface area contributed by atoms with Crippen LogP contribution in [0.15, 0.2) is 18.2 Å². The van der Waals surface area contributed by atoms with Crippen molar-refractivity contribution in [3.63, 3.8) is 0 Å². The van der Waals surface area contributed by atoms with Crippen LogP contribution >= 0.6 is 0 Å². The molecule has 0 unspecified atom stereocenters. The summed E-state index contributed by atoms with van der Waals surface area (Å²) >= 11 is 0. The highest BCUT2D eigenvalue weighted by molar-refractivity contribution is 5.47. The van der Waals surface area contributed by atoms with Crippen molar-refractivity contribution in [1.29, 1.82) is 5.26 Å². The minimum Gasteiger partial charge on any atom is -0.454 e. The second kappa shape index (κ2) is 3.41. The Balaban J connectivity index is 1.97. The van der Waals surface area contributed by atoms with E-state index in [0.717, 1.165) is 24.3 Å². The lowest BCUT2D eigenvalue weighted by atomic mass is 9.63. The van der Waals surface area contributed by atoms with Crippen LogP contribution in [0.5, 0.6) is 11.5 Å². The van der Waals surface area contributed by atoms with Gasteiger partial charge in [0.2, 0.25) is 6.79 Å². The van der Waals surface area contributed by atoms with E-state index in [1.54, 1.807) is 0 Å². The van der Waals surface area contributed by atoms with E-state index in [1.807, 2.05) is 12.1 Å². The summed E-state index contributed by atoms with van der Waals surface area (Å²) in [5, 5.41) is 8.92. The zero-order valence-corrected chi connectivity index (χ0v) is 9.03. The van der Waals surface area contributed by atoms with Crippen molar-refractivity contribution in [2.75, 3.05) is 6.79 Å². The van der Waals surface area contributed by atoms with Crippen molar-refractivity contribution >= 4 is 0 Å². The Bertz CT molecular complexity index is 457. The molecule has 1 aromatic rings. The van der Waals surface area contributed by atoms with Crippen LogP contribution in [0.3, 0.4) is 0 Å². The lowest BCUT2D eigenvalue weighted by molar-refractivity contribution is 0.173. The van der Waals surface area contributed by atoms with Gasteiger partial charge < -0.3 is 9.47 Å². The fraction of sp³-hybridized carbons (Fsp3) is 0.462. The lowest BCUT2D eigenvalue weighted by Crippen LogP contribution is -2.33. The van der Waals surface area contributed by atoms with E-state index >= 15 is 0 Å². The van der Waals surface area contributed by atoms with Gasteiger partial charge in [-0.05, 0) is 30.5 Å².